The summed E-state index contributed by atoms with van der Waals surface area (Å²) >= 11 is 1.69. The summed E-state index contributed by atoms with van der Waals surface area (Å²) in [5.74, 6) is 1.29. The molecule has 6 heteroatoms. The van der Waals surface area contributed by atoms with E-state index in [9.17, 15) is 4.79 Å². The number of rotatable bonds is 20. The van der Waals surface area contributed by atoms with Gasteiger partial charge in [-0.25, -0.2) is 0 Å². The molecule has 0 atom stereocenters. The Kier molecular flexibility index (Phi) is 14.6. The fraction of sp³-hybridized carbons (Fsp3) is 0.529. The Hall–Kier alpha value is -2.86. The molecule has 0 spiro atoms. The van der Waals surface area contributed by atoms with Crippen molar-refractivity contribution < 1.29 is 18.8 Å². The van der Waals surface area contributed by atoms with Gasteiger partial charge in [0.05, 0.1) is 25.5 Å². The Morgan fingerprint density at radius 3 is 2.23 bits per heavy atom. The van der Waals surface area contributed by atoms with Gasteiger partial charge in [-0.15, -0.1) is 0 Å². The molecule has 3 aromatic rings. The monoisotopic (exact) mass is 565 g/mol. The summed E-state index contributed by atoms with van der Waals surface area (Å²) in [5, 5.41) is 5.20. The van der Waals surface area contributed by atoms with Gasteiger partial charge in [0, 0.05) is 23.7 Å². The number of unbranched alkanes of at least 4 members (excludes halogenated alkanes) is 11. The van der Waals surface area contributed by atoms with Crippen LogP contribution in [0.25, 0.3) is 0 Å². The fourth-order valence-corrected chi connectivity index (χ4v) is 5.76. The number of thiazole rings is 1. The zero-order valence-electron chi connectivity index (χ0n) is 24.9. The first-order valence-corrected chi connectivity index (χ1v) is 16.1. The Morgan fingerprint density at radius 1 is 0.900 bits per heavy atom. The maximum absolute atomic E-state index is 13.0. The molecule has 1 heterocycles. The lowest BCUT2D eigenvalue weighted by atomic mass is 10.1. The molecule has 3 rings (SSSR count). The van der Waals surface area contributed by atoms with Gasteiger partial charge in [0.2, 0.25) is 11.4 Å². The Balaban J connectivity index is 1.41. The highest BCUT2D eigenvalue weighted by molar-refractivity contribution is 7.07. The number of benzene rings is 2. The minimum absolute atomic E-state index is 0.0695. The normalized spacial score (nSPS) is 11.0. The number of nitrogens with one attached hydrogen (secondary N) is 1. The number of hydrogen-bond acceptors (Lipinski definition) is 4. The third-order valence-corrected chi connectivity index (χ3v) is 8.17. The molecule has 1 aromatic heterocycles. The van der Waals surface area contributed by atoms with Crippen molar-refractivity contribution in [1.82, 2.24) is 0 Å². The SMILES string of the molecule is CCCCCCCCCCCCCCOc1c(CC(=O)Nc2cccc(C[n+]3cscc3C)c2)cccc1OC. The average Bonchev–Trinajstić information content (AvgIpc) is 3.35. The van der Waals surface area contributed by atoms with E-state index in [-0.39, 0.29) is 12.3 Å². The third-order valence-electron chi connectivity index (χ3n) is 7.32. The summed E-state index contributed by atoms with van der Waals surface area (Å²) in [6.45, 7) is 5.79. The molecular weight excluding hydrogens is 516 g/mol. The minimum atomic E-state index is -0.0695. The van der Waals surface area contributed by atoms with Gasteiger partial charge in [-0.3, -0.25) is 4.79 Å². The molecule has 1 N–H and O–H groups in total. The lowest BCUT2D eigenvalue weighted by Crippen LogP contribution is -2.34. The summed E-state index contributed by atoms with van der Waals surface area (Å²) < 4.78 is 14.0. The highest BCUT2D eigenvalue weighted by Crippen LogP contribution is 2.32. The van der Waals surface area contributed by atoms with Gasteiger partial charge in [0.1, 0.15) is 0 Å². The van der Waals surface area contributed by atoms with Crippen molar-refractivity contribution in [2.75, 3.05) is 19.0 Å². The summed E-state index contributed by atoms with van der Waals surface area (Å²) in [4.78, 5) is 13.0. The minimum Gasteiger partial charge on any atom is -0.493 e. The maximum Gasteiger partial charge on any atom is 0.228 e. The molecule has 40 heavy (non-hydrogen) atoms. The predicted octanol–water partition coefficient (Wildman–Crippen LogP) is 8.66. The van der Waals surface area contributed by atoms with Crippen LogP contribution in [0.2, 0.25) is 0 Å². The highest BCUT2D eigenvalue weighted by Gasteiger charge is 2.15. The molecule has 1 amide bonds. The number of amides is 1. The quantitative estimate of drug-likeness (QED) is 0.110. The summed E-state index contributed by atoms with van der Waals surface area (Å²) in [5.41, 5.74) is 6.14. The van der Waals surface area contributed by atoms with Crippen LogP contribution in [0, 0.1) is 6.92 Å². The van der Waals surface area contributed by atoms with Crippen LogP contribution in [0.1, 0.15) is 101 Å². The summed E-state index contributed by atoms with van der Waals surface area (Å²) in [7, 11) is 1.65. The van der Waals surface area contributed by atoms with Crippen molar-refractivity contribution in [3.8, 4) is 11.5 Å². The number of carbonyl (C=O) groups is 1. The third kappa shape index (κ3) is 11.3. The number of aromatic nitrogens is 1. The average molecular weight is 566 g/mol. The van der Waals surface area contributed by atoms with E-state index in [1.807, 2.05) is 36.4 Å². The second-order valence-corrected chi connectivity index (χ2v) is 11.5. The van der Waals surface area contributed by atoms with Crippen molar-refractivity contribution >= 4 is 22.9 Å². The molecule has 0 aliphatic rings. The number of methoxy groups -OCH3 is 1. The molecule has 2 aromatic carbocycles. The molecule has 0 aliphatic carbocycles. The molecule has 5 nitrogen and oxygen atoms in total. The number of hydrogen-bond donors (Lipinski definition) is 1. The number of anilines is 1. The summed E-state index contributed by atoms with van der Waals surface area (Å²) in [6.07, 6.45) is 16.0. The van der Waals surface area contributed by atoms with Gasteiger partial charge in [0.15, 0.2) is 23.7 Å². The van der Waals surface area contributed by atoms with Crippen molar-refractivity contribution in [2.45, 2.75) is 104 Å². The molecule has 0 saturated carbocycles. The molecule has 0 saturated heterocycles. The first-order chi connectivity index (χ1) is 19.6. The van der Waals surface area contributed by atoms with Crippen LogP contribution in [0.3, 0.4) is 0 Å². The van der Waals surface area contributed by atoms with Crippen molar-refractivity contribution in [1.29, 1.82) is 0 Å². The van der Waals surface area contributed by atoms with Gasteiger partial charge >= 0.3 is 0 Å². The number of para-hydroxylation sites is 1. The Labute approximate surface area is 245 Å². The Morgan fingerprint density at radius 2 is 1.57 bits per heavy atom. The molecule has 0 unspecified atom stereocenters. The molecule has 0 bridgehead atoms. The second kappa shape index (κ2) is 18.5. The van der Waals surface area contributed by atoms with Crippen LogP contribution < -0.4 is 19.4 Å². The van der Waals surface area contributed by atoms with E-state index in [1.54, 1.807) is 18.4 Å². The maximum atomic E-state index is 13.0. The van der Waals surface area contributed by atoms with Gasteiger partial charge in [0.25, 0.3) is 0 Å². The lowest BCUT2D eigenvalue weighted by Gasteiger charge is -2.15. The smallest absolute Gasteiger partial charge is 0.228 e. The zero-order valence-corrected chi connectivity index (χ0v) is 25.7. The van der Waals surface area contributed by atoms with Crippen molar-refractivity contribution in [3.63, 3.8) is 0 Å². The molecular formula is C34H49N2O3S+. The van der Waals surface area contributed by atoms with E-state index in [1.165, 1.54) is 76.3 Å². The van der Waals surface area contributed by atoms with Crippen molar-refractivity contribution in [3.05, 3.63) is 70.2 Å². The van der Waals surface area contributed by atoms with Crippen LogP contribution in [-0.2, 0) is 17.8 Å². The van der Waals surface area contributed by atoms with Gasteiger partial charge in [-0.05, 0) is 24.6 Å². The van der Waals surface area contributed by atoms with E-state index in [4.69, 9.17) is 9.47 Å². The second-order valence-electron chi connectivity index (χ2n) is 10.7. The van der Waals surface area contributed by atoms with Crippen LogP contribution in [0.4, 0.5) is 5.69 Å². The largest absolute Gasteiger partial charge is 0.493 e. The standard InChI is InChI=1S/C34H48N2O3S/c1-4-5-6-7-8-9-10-11-12-13-14-15-22-39-34-30(19-17-21-32(34)38-3)24-33(37)35-31-20-16-18-29(23-31)25-36-27-40-26-28(36)2/h16-21,23,26-27H,4-15,22,24-25H2,1-3H3/p+1. The predicted molar refractivity (Wildman–Crippen MR) is 167 cm³/mol. The molecule has 218 valence electrons. The van der Waals surface area contributed by atoms with Crippen LogP contribution in [0.15, 0.2) is 53.4 Å². The van der Waals surface area contributed by atoms with E-state index >= 15 is 0 Å². The number of aryl methyl sites for hydroxylation is 1. The van der Waals surface area contributed by atoms with Crippen LogP contribution >= 0.6 is 11.3 Å². The van der Waals surface area contributed by atoms with E-state index < -0.39 is 0 Å². The topological polar surface area (TPSA) is 51.4 Å². The first-order valence-electron chi connectivity index (χ1n) is 15.2. The lowest BCUT2D eigenvalue weighted by molar-refractivity contribution is -0.689. The Bertz CT molecular complexity index is 1140. The van der Waals surface area contributed by atoms with E-state index in [0.717, 1.165) is 29.8 Å². The first kappa shape index (κ1) is 31.7. The summed E-state index contributed by atoms with van der Waals surface area (Å²) in [6, 6.07) is 13.8. The highest BCUT2D eigenvalue weighted by atomic mass is 32.1. The molecule has 0 aliphatic heterocycles. The van der Waals surface area contributed by atoms with E-state index in [2.05, 4.69) is 40.7 Å². The van der Waals surface area contributed by atoms with Crippen molar-refractivity contribution in [2.24, 2.45) is 0 Å². The van der Waals surface area contributed by atoms with Gasteiger partial charge < -0.3 is 14.8 Å². The number of carbonyl (C=O) groups excluding carboxylic acids is 1. The van der Waals surface area contributed by atoms with Crippen LogP contribution in [-0.4, -0.2) is 19.6 Å². The van der Waals surface area contributed by atoms with Crippen LogP contribution in [0.5, 0.6) is 11.5 Å². The molecule has 0 fully saturated rings. The fourth-order valence-electron chi connectivity index (χ4n) is 4.98. The van der Waals surface area contributed by atoms with E-state index in [0.29, 0.717) is 18.1 Å². The zero-order chi connectivity index (χ0) is 28.4. The van der Waals surface area contributed by atoms with Gasteiger partial charge in [-0.2, -0.15) is 4.57 Å². The molecule has 0 radical (unpaired) electrons. The number of nitrogens with zero attached hydrogens (tertiary/aromatic N) is 1. The number of ether oxygens (including phenoxy) is 2. The van der Waals surface area contributed by atoms with Gasteiger partial charge in [-0.1, -0.05) is 113 Å².